The average molecular weight is 366 g/mol. The second kappa shape index (κ2) is 6.90. The van der Waals surface area contributed by atoms with Gasteiger partial charge in [-0.2, -0.15) is 5.10 Å². The van der Waals surface area contributed by atoms with Crippen molar-refractivity contribution in [3.63, 3.8) is 0 Å². The van der Waals surface area contributed by atoms with E-state index in [1.165, 1.54) is 0 Å². The molecule has 0 aliphatic rings. The lowest BCUT2D eigenvalue weighted by atomic mass is 10.1. The van der Waals surface area contributed by atoms with E-state index in [1.807, 2.05) is 53.2 Å². The Labute approximate surface area is 156 Å². The molecule has 0 saturated heterocycles. The molecule has 3 N–H and O–H groups in total. The second-order valence-electron chi connectivity index (χ2n) is 5.75. The zero-order valence-corrected chi connectivity index (χ0v) is 14.5. The summed E-state index contributed by atoms with van der Waals surface area (Å²) in [5.74, 6) is -0.945. The molecule has 6 heteroatoms. The average Bonchev–Trinajstić information content (AvgIpc) is 3.02. The molecule has 3 aromatic carbocycles. The SMILES string of the molecule is Cl.Nc1ccc(-c2nn(-c3ccc(C(=O)O)cc3)c3ccccc23)cc1. The quantitative estimate of drug-likeness (QED) is 0.527. The molecule has 0 unspecified atom stereocenters. The first-order chi connectivity index (χ1) is 12.1. The van der Waals surface area contributed by atoms with Crippen LogP contribution in [-0.2, 0) is 0 Å². The highest BCUT2D eigenvalue weighted by molar-refractivity contribution is 5.94. The largest absolute Gasteiger partial charge is 0.478 e. The molecular formula is C20H16ClN3O2. The summed E-state index contributed by atoms with van der Waals surface area (Å²) in [6.07, 6.45) is 0. The lowest BCUT2D eigenvalue weighted by Gasteiger charge is -2.04. The van der Waals surface area contributed by atoms with Gasteiger partial charge >= 0.3 is 5.97 Å². The van der Waals surface area contributed by atoms with E-state index in [0.29, 0.717) is 5.69 Å². The maximum atomic E-state index is 11.0. The van der Waals surface area contributed by atoms with Crippen molar-refractivity contribution in [3.05, 3.63) is 78.4 Å². The van der Waals surface area contributed by atoms with Crippen molar-refractivity contribution < 1.29 is 9.90 Å². The number of carboxylic acids is 1. The van der Waals surface area contributed by atoms with E-state index in [1.54, 1.807) is 24.3 Å². The highest BCUT2D eigenvalue weighted by Gasteiger charge is 2.13. The number of carboxylic acid groups (broad SMARTS) is 1. The fourth-order valence-corrected chi connectivity index (χ4v) is 2.86. The van der Waals surface area contributed by atoms with Gasteiger partial charge in [0, 0.05) is 16.6 Å². The van der Waals surface area contributed by atoms with Gasteiger partial charge in [0.05, 0.1) is 16.8 Å². The minimum Gasteiger partial charge on any atom is -0.478 e. The third-order valence-electron chi connectivity index (χ3n) is 4.13. The minimum atomic E-state index is -0.945. The van der Waals surface area contributed by atoms with Crippen LogP contribution in [0.15, 0.2) is 72.8 Å². The smallest absolute Gasteiger partial charge is 0.335 e. The number of para-hydroxylation sites is 1. The van der Waals surface area contributed by atoms with Crippen molar-refractivity contribution in [3.8, 4) is 16.9 Å². The van der Waals surface area contributed by atoms with Gasteiger partial charge < -0.3 is 10.8 Å². The Bertz CT molecular complexity index is 1070. The van der Waals surface area contributed by atoms with Gasteiger partial charge in [-0.15, -0.1) is 12.4 Å². The third-order valence-corrected chi connectivity index (χ3v) is 4.13. The van der Waals surface area contributed by atoms with E-state index in [0.717, 1.165) is 27.8 Å². The van der Waals surface area contributed by atoms with Crippen molar-refractivity contribution in [2.24, 2.45) is 0 Å². The zero-order valence-electron chi connectivity index (χ0n) is 13.7. The van der Waals surface area contributed by atoms with Crippen molar-refractivity contribution in [2.45, 2.75) is 0 Å². The van der Waals surface area contributed by atoms with Gasteiger partial charge in [0.1, 0.15) is 5.69 Å². The number of nitrogen functional groups attached to an aromatic ring is 1. The van der Waals surface area contributed by atoms with Crippen LogP contribution >= 0.6 is 12.4 Å². The Morgan fingerprint density at radius 2 is 1.58 bits per heavy atom. The molecule has 1 aromatic heterocycles. The predicted octanol–water partition coefficient (Wildman–Crippen LogP) is 4.39. The van der Waals surface area contributed by atoms with E-state index in [4.69, 9.17) is 15.9 Å². The van der Waals surface area contributed by atoms with Gasteiger partial charge in [-0.1, -0.05) is 30.3 Å². The molecule has 1 heterocycles. The van der Waals surface area contributed by atoms with Gasteiger partial charge in [-0.3, -0.25) is 0 Å². The Balaban J connectivity index is 0.00000196. The van der Waals surface area contributed by atoms with Crippen LogP contribution in [0.1, 0.15) is 10.4 Å². The molecule has 130 valence electrons. The number of hydrogen-bond donors (Lipinski definition) is 2. The number of benzene rings is 3. The Kier molecular flexibility index (Phi) is 4.65. The summed E-state index contributed by atoms with van der Waals surface area (Å²) < 4.78 is 1.83. The molecule has 4 aromatic rings. The first kappa shape index (κ1) is 17.5. The van der Waals surface area contributed by atoms with Gasteiger partial charge in [-0.05, 0) is 42.5 Å². The number of aromatic nitrogens is 2. The van der Waals surface area contributed by atoms with Crippen LogP contribution in [-0.4, -0.2) is 20.9 Å². The molecule has 0 aliphatic heterocycles. The topological polar surface area (TPSA) is 81.1 Å². The van der Waals surface area contributed by atoms with Crippen LogP contribution in [0.5, 0.6) is 0 Å². The van der Waals surface area contributed by atoms with E-state index in [2.05, 4.69) is 0 Å². The van der Waals surface area contributed by atoms with Crippen LogP contribution in [0.4, 0.5) is 5.69 Å². The maximum absolute atomic E-state index is 11.0. The first-order valence-electron chi connectivity index (χ1n) is 7.81. The normalized spacial score (nSPS) is 10.5. The Morgan fingerprint density at radius 1 is 0.923 bits per heavy atom. The summed E-state index contributed by atoms with van der Waals surface area (Å²) in [4.78, 5) is 11.0. The van der Waals surface area contributed by atoms with Crippen molar-refractivity contribution in [2.75, 3.05) is 5.73 Å². The Hall–Kier alpha value is -3.31. The molecule has 0 fully saturated rings. The number of fused-ring (bicyclic) bond motifs is 1. The van der Waals surface area contributed by atoms with Gasteiger partial charge in [0.25, 0.3) is 0 Å². The summed E-state index contributed by atoms with van der Waals surface area (Å²) in [5.41, 5.74) is 10.3. The van der Waals surface area contributed by atoms with Gasteiger partial charge in [-0.25, -0.2) is 9.48 Å². The van der Waals surface area contributed by atoms with E-state index in [-0.39, 0.29) is 18.0 Å². The third kappa shape index (κ3) is 3.00. The number of carbonyl (C=O) groups is 1. The number of aromatic carboxylic acids is 1. The van der Waals surface area contributed by atoms with Gasteiger partial charge in [0.2, 0.25) is 0 Å². The van der Waals surface area contributed by atoms with Crippen LogP contribution in [0, 0.1) is 0 Å². The summed E-state index contributed by atoms with van der Waals surface area (Å²) in [6.45, 7) is 0. The molecular weight excluding hydrogens is 350 g/mol. The molecule has 0 atom stereocenters. The first-order valence-corrected chi connectivity index (χ1v) is 7.81. The molecule has 0 spiro atoms. The van der Waals surface area contributed by atoms with E-state index in [9.17, 15) is 4.79 Å². The fourth-order valence-electron chi connectivity index (χ4n) is 2.86. The Morgan fingerprint density at radius 3 is 2.23 bits per heavy atom. The lowest BCUT2D eigenvalue weighted by Crippen LogP contribution is -1.99. The summed E-state index contributed by atoms with van der Waals surface area (Å²) in [7, 11) is 0. The number of hydrogen-bond acceptors (Lipinski definition) is 3. The molecule has 0 bridgehead atoms. The lowest BCUT2D eigenvalue weighted by molar-refractivity contribution is 0.0697. The standard InChI is InChI=1S/C20H15N3O2.ClH/c21-15-9-5-13(6-10-15)19-17-3-1-2-4-18(17)23(22-19)16-11-7-14(8-12-16)20(24)25;/h1-12H,21H2,(H,24,25);1H. The number of rotatable bonds is 3. The van der Waals surface area contributed by atoms with Crippen LogP contribution < -0.4 is 5.73 Å². The summed E-state index contributed by atoms with van der Waals surface area (Å²) >= 11 is 0. The van der Waals surface area contributed by atoms with Gasteiger partial charge in [0.15, 0.2) is 0 Å². The summed E-state index contributed by atoms with van der Waals surface area (Å²) in [6, 6.07) is 22.2. The highest BCUT2D eigenvalue weighted by atomic mass is 35.5. The molecule has 26 heavy (non-hydrogen) atoms. The number of nitrogens with two attached hydrogens (primary N) is 1. The summed E-state index contributed by atoms with van der Waals surface area (Å²) in [5, 5.41) is 14.8. The molecule has 0 saturated carbocycles. The van der Waals surface area contributed by atoms with Crippen LogP contribution in [0.2, 0.25) is 0 Å². The monoisotopic (exact) mass is 365 g/mol. The molecule has 0 amide bonds. The van der Waals surface area contributed by atoms with Crippen molar-refractivity contribution in [1.82, 2.24) is 9.78 Å². The molecule has 0 radical (unpaired) electrons. The molecule has 5 nitrogen and oxygen atoms in total. The predicted molar refractivity (Wildman–Crippen MR) is 105 cm³/mol. The van der Waals surface area contributed by atoms with E-state index >= 15 is 0 Å². The van der Waals surface area contributed by atoms with Crippen LogP contribution in [0.3, 0.4) is 0 Å². The maximum Gasteiger partial charge on any atom is 0.335 e. The number of anilines is 1. The second-order valence-corrected chi connectivity index (χ2v) is 5.75. The minimum absolute atomic E-state index is 0. The van der Waals surface area contributed by atoms with Crippen molar-refractivity contribution >= 4 is 35.0 Å². The van der Waals surface area contributed by atoms with Crippen molar-refractivity contribution in [1.29, 1.82) is 0 Å². The molecule has 4 rings (SSSR count). The number of nitrogens with zero attached hydrogens (tertiary/aromatic N) is 2. The van der Waals surface area contributed by atoms with E-state index < -0.39 is 5.97 Å². The fraction of sp³-hybridized carbons (Fsp3) is 0. The molecule has 0 aliphatic carbocycles. The zero-order chi connectivity index (χ0) is 17.4. The van der Waals surface area contributed by atoms with Crippen LogP contribution in [0.25, 0.3) is 27.8 Å². The number of halogens is 1. The highest BCUT2D eigenvalue weighted by Crippen LogP contribution is 2.30.